The molecule has 0 saturated carbocycles. The summed E-state index contributed by atoms with van der Waals surface area (Å²) >= 11 is 8.31. The second-order valence-electron chi connectivity index (χ2n) is 13.7. The predicted octanol–water partition coefficient (Wildman–Crippen LogP) is 10.5. The molecule has 4 nitrogen and oxygen atoms in total. The fourth-order valence-electron chi connectivity index (χ4n) is 7.31. The molecule has 4 unspecified atom stereocenters. The molecule has 2 aliphatic heterocycles. The van der Waals surface area contributed by atoms with Crippen LogP contribution in [-0.2, 0) is 22.7 Å². The summed E-state index contributed by atoms with van der Waals surface area (Å²) < 4.78 is 40.6. The normalized spacial score (nSPS) is 20.2. The van der Waals surface area contributed by atoms with Crippen molar-refractivity contribution in [1.82, 2.24) is 10.6 Å². The molecule has 2 fully saturated rings. The number of ether oxygens (including phenoxy) is 2. The molecule has 2 saturated heterocycles. The summed E-state index contributed by atoms with van der Waals surface area (Å²) in [7, 11) is 0. The number of benzene rings is 5. The summed E-state index contributed by atoms with van der Waals surface area (Å²) in [5, 5.41) is 7.65. The molecule has 5 aromatic carbocycles. The van der Waals surface area contributed by atoms with Gasteiger partial charge in [-0.05, 0) is 149 Å². The lowest BCUT2D eigenvalue weighted by Gasteiger charge is -2.33. The highest BCUT2D eigenvalue weighted by atomic mass is 127. The molecule has 8 heteroatoms. The monoisotopic (exact) mass is 834 g/mol. The zero-order valence-electron chi connectivity index (χ0n) is 29.7. The minimum absolute atomic E-state index is 0.128. The van der Waals surface area contributed by atoms with E-state index in [2.05, 4.69) is 87.8 Å². The molecule has 0 aliphatic carbocycles. The molecule has 4 atom stereocenters. The molecular weight excluding hydrogens is 789 g/mol. The average Bonchev–Trinajstić information content (AvgIpc) is 3.16. The third kappa shape index (κ3) is 10.3. The molecule has 7 rings (SSSR count). The Morgan fingerprint density at radius 3 is 1.71 bits per heavy atom. The smallest absolute Gasteiger partial charge is 0.123 e. The van der Waals surface area contributed by atoms with Crippen LogP contribution in [-0.4, -0.2) is 38.4 Å². The lowest BCUT2D eigenvalue weighted by atomic mass is 9.86. The van der Waals surface area contributed by atoms with E-state index in [4.69, 9.17) is 21.1 Å². The molecule has 2 aliphatic rings. The van der Waals surface area contributed by atoms with Crippen LogP contribution in [0.2, 0.25) is 5.02 Å². The van der Waals surface area contributed by atoms with Gasteiger partial charge in [-0.15, -0.1) is 0 Å². The van der Waals surface area contributed by atoms with Gasteiger partial charge in [-0.1, -0.05) is 78.3 Å². The quantitative estimate of drug-likeness (QED) is 0.145. The first-order chi connectivity index (χ1) is 25.2. The maximum absolute atomic E-state index is 13.5. The van der Waals surface area contributed by atoms with E-state index in [1.165, 1.54) is 33.9 Å². The van der Waals surface area contributed by atoms with Crippen molar-refractivity contribution in [3.05, 3.63) is 163 Å². The molecule has 272 valence electrons. The summed E-state index contributed by atoms with van der Waals surface area (Å²) in [4.78, 5) is 0. The van der Waals surface area contributed by atoms with Crippen LogP contribution in [0.25, 0.3) is 11.1 Å². The third-order valence-corrected chi connectivity index (χ3v) is 11.6. The Balaban J connectivity index is 0.000000181. The minimum Gasteiger partial charge on any atom is -0.373 e. The topological polar surface area (TPSA) is 42.5 Å². The molecule has 0 amide bonds. The van der Waals surface area contributed by atoms with Crippen molar-refractivity contribution >= 4 is 34.2 Å². The average molecular weight is 835 g/mol. The van der Waals surface area contributed by atoms with Gasteiger partial charge in [0.2, 0.25) is 0 Å². The van der Waals surface area contributed by atoms with Crippen molar-refractivity contribution < 1.29 is 18.3 Å². The summed E-state index contributed by atoms with van der Waals surface area (Å²) in [5.74, 6) is 0.116. The molecule has 0 bridgehead atoms. The molecule has 0 aromatic heterocycles. The van der Waals surface area contributed by atoms with Crippen molar-refractivity contribution in [2.75, 3.05) is 26.2 Å². The Labute approximate surface area is 325 Å². The highest BCUT2D eigenvalue weighted by molar-refractivity contribution is 14.1. The number of hydrogen-bond acceptors (Lipinski definition) is 4. The number of aryl methyl sites for hydroxylation is 2. The van der Waals surface area contributed by atoms with Crippen molar-refractivity contribution in [1.29, 1.82) is 0 Å². The fourth-order valence-corrected chi connectivity index (χ4v) is 8.00. The lowest BCUT2D eigenvalue weighted by molar-refractivity contribution is 0.00669. The standard InChI is InChI=1S/C25H26FNO.C19H20ClFINO/c1-18-14-22(26)10-11-23(18)24-16-27-13-12-25(24)28-17-19-6-5-9-21(15-19)20-7-3-2-4-8-20;1-12-8-14(21)3-4-15(12)16-10-23-7-6-19(16)24-11-13-2-5-17(20)18(22)9-13/h2-11,14-15,24-25,27H,12-13,16-17H2,1H3;2-5,8-9,16,19,23H,6-7,10-11H2,1H3. The molecule has 52 heavy (non-hydrogen) atoms. The maximum atomic E-state index is 13.5. The van der Waals surface area contributed by atoms with E-state index < -0.39 is 0 Å². The zero-order chi connectivity index (χ0) is 36.5. The van der Waals surface area contributed by atoms with Gasteiger partial charge in [-0.3, -0.25) is 0 Å². The van der Waals surface area contributed by atoms with Gasteiger partial charge in [0, 0.05) is 28.5 Å². The Bertz CT molecular complexity index is 1930. The first-order valence-electron chi connectivity index (χ1n) is 18.0. The van der Waals surface area contributed by atoms with E-state index in [1.807, 2.05) is 44.2 Å². The Hall–Kier alpha value is -3.18. The van der Waals surface area contributed by atoms with Crippen LogP contribution in [0.1, 0.15) is 58.1 Å². The second kappa shape index (κ2) is 18.7. The Morgan fingerprint density at radius 1 is 0.635 bits per heavy atom. The predicted molar refractivity (Wildman–Crippen MR) is 216 cm³/mol. The van der Waals surface area contributed by atoms with Gasteiger partial charge < -0.3 is 20.1 Å². The van der Waals surface area contributed by atoms with E-state index in [1.54, 1.807) is 18.2 Å². The van der Waals surface area contributed by atoms with Gasteiger partial charge in [0.1, 0.15) is 11.6 Å². The fraction of sp³-hybridized carbons (Fsp3) is 0.318. The first kappa shape index (κ1) is 38.5. The lowest BCUT2D eigenvalue weighted by Crippen LogP contribution is -2.40. The molecule has 2 heterocycles. The van der Waals surface area contributed by atoms with Crippen LogP contribution >= 0.6 is 34.2 Å². The van der Waals surface area contributed by atoms with Gasteiger partial charge >= 0.3 is 0 Å². The van der Waals surface area contributed by atoms with E-state index in [0.29, 0.717) is 13.2 Å². The highest BCUT2D eigenvalue weighted by Gasteiger charge is 2.29. The summed E-state index contributed by atoms with van der Waals surface area (Å²) in [6.45, 7) is 8.71. The van der Waals surface area contributed by atoms with Crippen LogP contribution in [0.4, 0.5) is 8.78 Å². The molecule has 5 aromatic rings. The van der Waals surface area contributed by atoms with Gasteiger partial charge in [0.15, 0.2) is 0 Å². The zero-order valence-corrected chi connectivity index (χ0v) is 32.6. The van der Waals surface area contributed by atoms with Gasteiger partial charge in [-0.2, -0.15) is 0 Å². The summed E-state index contributed by atoms with van der Waals surface area (Å²) in [5.41, 5.74) is 9.04. The highest BCUT2D eigenvalue weighted by Crippen LogP contribution is 2.32. The van der Waals surface area contributed by atoms with E-state index in [0.717, 1.165) is 64.3 Å². The van der Waals surface area contributed by atoms with Gasteiger partial charge in [-0.25, -0.2) is 8.78 Å². The summed E-state index contributed by atoms with van der Waals surface area (Å²) in [6, 6.07) is 35.0. The van der Waals surface area contributed by atoms with Gasteiger partial charge in [0.25, 0.3) is 0 Å². The van der Waals surface area contributed by atoms with Crippen LogP contribution in [0.15, 0.2) is 109 Å². The molecule has 0 spiro atoms. The van der Waals surface area contributed by atoms with Crippen LogP contribution in [0, 0.1) is 29.1 Å². The Morgan fingerprint density at radius 2 is 1.17 bits per heavy atom. The molecular formula is C44H46ClF2IN2O2. The number of halogens is 4. The third-order valence-electron chi connectivity index (χ3n) is 10.0. The van der Waals surface area contributed by atoms with Crippen molar-refractivity contribution in [3.8, 4) is 11.1 Å². The number of hydrogen-bond donors (Lipinski definition) is 2. The first-order valence-corrected chi connectivity index (χ1v) is 19.5. The maximum Gasteiger partial charge on any atom is 0.123 e. The molecule has 0 radical (unpaired) electrons. The van der Waals surface area contributed by atoms with E-state index in [-0.39, 0.29) is 35.7 Å². The van der Waals surface area contributed by atoms with Crippen LogP contribution < -0.4 is 10.6 Å². The number of rotatable bonds is 9. The van der Waals surface area contributed by atoms with Crippen LogP contribution in [0.3, 0.4) is 0 Å². The van der Waals surface area contributed by atoms with Crippen molar-refractivity contribution in [3.63, 3.8) is 0 Å². The minimum atomic E-state index is -0.187. The summed E-state index contributed by atoms with van der Waals surface area (Å²) in [6.07, 6.45) is 2.17. The second-order valence-corrected chi connectivity index (χ2v) is 15.3. The Kier molecular flexibility index (Phi) is 13.9. The SMILES string of the molecule is Cc1cc(F)ccc1C1CNCCC1OCc1ccc(Cl)c(I)c1.Cc1cc(F)ccc1C1CNCCC1OCc1cccc(-c2ccccc2)c1. The molecule has 2 N–H and O–H groups in total. The number of piperidine rings is 2. The van der Waals surface area contributed by atoms with Crippen molar-refractivity contribution in [2.24, 2.45) is 0 Å². The largest absolute Gasteiger partial charge is 0.373 e. The van der Waals surface area contributed by atoms with E-state index >= 15 is 0 Å². The number of nitrogens with one attached hydrogen (secondary N) is 2. The van der Waals surface area contributed by atoms with Crippen molar-refractivity contribution in [2.45, 2.75) is 63.9 Å². The van der Waals surface area contributed by atoms with Crippen LogP contribution in [0.5, 0.6) is 0 Å². The van der Waals surface area contributed by atoms with Gasteiger partial charge in [0.05, 0.1) is 30.4 Å². The van der Waals surface area contributed by atoms with E-state index in [9.17, 15) is 8.78 Å².